The Morgan fingerprint density at radius 3 is 2.60 bits per heavy atom. The molecule has 56 valence electrons. The summed E-state index contributed by atoms with van der Waals surface area (Å²) in [5, 5.41) is 8.37. The first kappa shape index (κ1) is 9.39. The van der Waals surface area contributed by atoms with Crippen LogP contribution in [0.1, 0.15) is 15.4 Å². The molecule has 5 heteroatoms. The van der Waals surface area contributed by atoms with Crippen molar-refractivity contribution in [3.63, 3.8) is 0 Å². The molecule has 0 fully saturated rings. The highest BCUT2D eigenvalue weighted by molar-refractivity contribution is 7.08. The lowest BCUT2D eigenvalue weighted by molar-refractivity contribution is 0.0702. The molecule has 0 atom stereocenters. The van der Waals surface area contributed by atoms with Crippen LogP contribution in [0.4, 0.5) is 0 Å². The maximum atomic E-state index is 10.2. The lowest BCUT2D eigenvalue weighted by Crippen LogP contribution is -1.89. The van der Waals surface area contributed by atoms with E-state index < -0.39 is 5.97 Å². The van der Waals surface area contributed by atoms with Gasteiger partial charge in [0.25, 0.3) is 0 Å². The zero-order valence-corrected chi connectivity index (χ0v) is 6.83. The molecule has 1 aromatic heterocycles. The summed E-state index contributed by atoms with van der Waals surface area (Å²) in [6.45, 7) is 1.77. The topological polar surface area (TPSA) is 50.2 Å². The third kappa shape index (κ3) is 1.97. The largest absolute Gasteiger partial charge is 0.477 e. The van der Waals surface area contributed by atoms with Gasteiger partial charge in [-0.15, -0.1) is 12.4 Å². The number of aromatic nitrogens is 1. The van der Waals surface area contributed by atoms with Gasteiger partial charge in [-0.1, -0.05) is 0 Å². The second kappa shape index (κ2) is 3.53. The number of aromatic carboxylic acids is 1. The molecule has 3 nitrogen and oxygen atoms in total. The molecule has 0 saturated heterocycles. The summed E-state index contributed by atoms with van der Waals surface area (Å²) in [6, 6.07) is 1.55. The van der Waals surface area contributed by atoms with E-state index in [2.05, 4.69) is 4.37 Å². The van der Waals surface area contributed by atoms with Gasteiger partial charge in [-0.05, 0) is 24.5 Å². The normalized spacial score (nSPS) is 8.50. The first-order valence-corrected chi connectivity index (χ1v) is 3.14. The first-order valence-electron chi connectivity index (χ1n) is 2.37. The van der Waals surface area contributed by atoms with Crippen LogP contribution in [0, 0.1) is 6.92 Å². The molecule has 1 heterocycles. The summed E-state index contributed by atoms with van der Waals surface area (Å²) >= 11 is 1.01. The number of carboxylic acid groups (broad SMARTS) is 1. The minimum Gasteiger partial charge on any atom is -0.477 e. The first-order chi connectivity index (χ1) is 4.20. The van der Waals surface area contributed by atoms with Gasteiger partial charge in [-0.3, -0.25) is 0 Å². The van der Waals surface area contributed by atoms with Gasteiger partial charge in [0.2, 0.25) is 0 Å². The second-order valence-electron chi connectivity index (χ2n) is 1.64. The van der Waals surface area contributed by atoms with Crippen LogP contribution in [0.2, 0.25) is 0 Å². The zero-order valence-electron chi connectivity index (χ0n) is 5.20. The van der Waals surface area contributed by atoms with Crippen LogP contribution in [-0.2, 0) is 0 Å². The standard InChI is InChI=1S/C5H5NO2S.ClH/c1-3-2-4(5(7)8)9-6-3;/h2H,1H3,(H,7,8);1H. The van der Waals surface area contributed by atoms with Crippen LogP contribution in [0.5, 0.6) is 0 Å². The van der Waals surface area contributed by atoms with Crippen molar-refractivity contribution < 1.29 is 9.90 Å². The fourth-order valence-electron chi connectivity index (χ4n) is 0.464. The van der Waals surface area contributed by atoms with Crippen molar-refractivity contribution >= 4 is 29.9 Å². The van der Waals surface area contributed by atoms with E-state index in [0.29, 0.717) is 4.88 Å². The van der Waals surface area contributed by atoms with Gasteiger partial charge in [0.1, 0.15) is 4.88 Å². The molecule has 1 rings (SSSR count). The second-order valence-corrected chi connectivity index (χ2v) is 2.44. The molecule has 0 aliphatic rings. The van der Waals surface area contributed by atoms with E-state index in [1.807, 2.05) is 0 Å². The lowest BCUT2D eigenvalue weighted by atomic mass is 10.4. The number of hydrogen-bond acceptors (Lipinski definition) is 3. The Balaban J connectivity index is 0.000000810. The highest BCUT2D eigenvalue weighted by Gasteiger charge is 2.04. The molecule has 0 aliphatic carbocycles. The summed E-state index contributed by atoms with van der Waals surface area (Å²) in [7, 11) is 0. The van der Waals surface area contributed by atoms with Crippen molar-refractivity contribution in [2.24, 2.45) is 0 Å². The SMILES string of the molecule is Cc1cc(C(=O)O)sn1.Cl. The van der Waals surface area contributed by atoms with Crippen LogP contribution in [0.3, 0.4) is 0 Å². The number of aryl methyl sites for hydroxylation is 1. The van der Waals surface area contributed by atoms with Crippen LogP contribution >= 0.6 is 23.9 Å². The summed E-state index contributed by atoms with van der Waals surface area (Å²) in [5.74, 6) is -0.902. The average Bonchev–Trinajstić information content (AvgIpc) is 2.14. The number of carboxylic acids is 1. The fourth-order valence-corrected chi connectivity index (χ4v) is 1.06. The highest BCUT2D eigenvalue weighted by Crippen LogP contribution is 2.07. The summed E-state index contributed by atoms with van der Waals surface area (Å²) in [4.78, 5) is 10.5. The zero-order chi connectivity index (χ0) is 6.85. The Bertz CT molecular complexity index is 235. The maximum Gasteiger partial charge on any atom is 0.347 e. The van der Waals surface area contributed by atoms with Crippen molar-refractivity contribution in [1.82, 2.24) is 4.37 Å². The van der Waals surface area contributed by atoms with E-state index in [1.165, 1.54) is 0 Å². The lowest BCUT2D eigenvalue weighted by Gasteiger charge is -1.77. The van der Waals surface area contributed by atoms with Gasteiger partial charge in [0, 0.05) is 0 Å². The van der Waals surface area contributed by atoms with Gasteiger partial charge in [-0.25, -0.2) is 4.79 Å². The van der Waals surface area contributed by atoms with Crippen molar-refractivity contribution in [2.45, 2.75) is 6.92 Å². The van der Waals surface area contributed by atoms with Crippen molar-refractivity contribution in [2.75, 3.05) is 0 Å². The quantitative estimate of drug-likeness (QED) is 0.712. The maximum absolute atomic E-state index is 10.2. The molecule has 0 saturated carbocycles. The summed E-state index contributed by atoms with van der Waals surface area (Å²) < 4.78 is 3.80. The minimum atomic E-state index is -0.902. The molecule has 1 aromatic rings. The van der Waals surface area contributed by atoms with Crippen LogP contribution in [-0.4, -0.2) is 15.4 Å². The van der Waals surface area contributed by atoms with Gasteiger partial charge in [-0.2, -0.15) is 4.37 Å². The summed E-state index contributed by atoms with van der Waals surface area (Å²) in [5.41, 5.74) is 0.761. The molecule has 0 radical (unpaired) electrons. The van der Waals surface area contributed by atoms with Crippen molar-refractivity contribution in [3.05, 3.63) is 16.6 Å². The number of carbonyl (C=O) groups is 1. The minimum absolute atomic E-state index is 0. The van der Waals surface area contributed by atoms with E-state index in [4.69, 9.17) is 5.11 Å². The van der Waals surface area contributed by atoms with Gasteiger partial charge in [0.15, 0.2) is 0 Å². The Hall–Kier alpha value is -0.610. The molecule has 0 unspecified atom stereocenters. The third-order valence-electron chi connectivity index (χ3n) is 0.839. The molecule has 0 spiro atoms. The van der Waals surface area contributed by atoms with Crippen LogP contribution in [0.15, 0.2) is 6.07 Å². The summed E-state index contributed by atoms with van der Waals surface area (Å²) in [6.07, 6.45) is 0. The van der Waals surface area contributed by atoms with E-state index in [0.717, 1.165) is 17.2 Å². The molecule has 0 amide bonds. The van der Waals surface area contributed by atoms with E-state index in [1.54, 1.807) is 13.0 Å². The molecular weight excluding hydrogens is 174 g/mol. The Morgan fingerprint density at radius 2 is 2.40 bits per heavy atom. The number of halogens is 1. The smallest absolute Gasteiger partial charge is 0.347 e. The van der Waals surface area contributed by atoms with Crippen molar-refractivity contribution in [3.8, 4) is 0 Å². The predicted molar refractivity (Wildman–Crippen MR) is 41.1 cm³/mol. The van der Waals surface area contributed by atoms with E-state index >= 15 is 0 Å². The molecule has 0 aliphatic heterocycles. The molecular formula is C5H6ClNO2S. The van der Waals surface area contributed by atoms with Crippen LogP contribution in [0.25, 0.3) is 0 Å². The molecule has 10 heavy (non-hydrogen) atoms. The van der Waals surface area contributed by atoms with Crippen molar-refractivity contribution in [1.29, 1.82) is 0 Å². The molecule has 0 bridgehead atoms. The highest BCUT2D eigenvalue weighted by atomic mass is 35.5. The third-order valence-corrected chi connectivity index (χ3v) is 1.71. The molecule has 1 N–H and O–H groups in total. The predicted octanol–water partition coefficient (Wildman–Crippen LogP) is 1.57. The number of hydrogen-bond donors (Lipinski definition) is 1. The fraction of sp³-hybridized carbons (Fsp3) is 0.200. The Morgan fingerprint density at radius 1 is 1.80 bits per heavy atom. The Kier molecular flexibility index (Phi) is 3.32. The molecule has 0 aromatic carbocycles. The van der Waals surface area contributed by atoms with Gasteiger partial charge in [0.05, 0.1) is 5.69 Å². The Labute approximate surface area is 68.3 Å². The van der Waals surface area contributed by atoms with E-state index in [-0.39, 0.29) is 12.4 Å². The number of nitrogens with zero attached hydrogens (tertiary/aromatic N) is 1. The van der Waals surface area contributed by atoms with Crippen LogP contribution < -0.4 is 0 Å². The van der Waals surface area contributed by atoms with Gasteiger partial charge >= 0.3 is 5.97 Å². The van der Waals surface area contributed by atoms with Gasteiger partial charge < -0.3 is 5.11 Å². The number of rotatable bonds is 1. The average molecular weight is 180 g/mol. The monoisotopic (exact) mass is 179 g/mol. The van der Waals surface area contributed by atoms with E-state index in [9.17, 15) is 4.79 Å².